The molecule has 0 radical (unpaired) electrons. The molecule has 0 aliphatic carbocycles. The summed E-state index contributed by atoms with van der Waals surface area (Å²) in [6.07, 6.45) is 0. The molecule has 1 saturated heterocycles. The van der Waals surface area contributed by atoms with Gasteiger partial charge in [-0.3, -0.25) is 14.4 Å². The first-order valence-corrected chi connectivity index (χ1v) is 8.41. The maximum atomic E-state index is 13.1. The molecule has 9 heteroatoms. The number of anilines is 3. The zero-order valence-electron chi connectivity index (χ0n) is 14.9. The standard InChI is InChI=1S/C19H17FN4O4/c1-11(25)22-13-4-6-14(7-5-13)23-17(26)16-10-21-19(28)24(18(16)27)15-8-2-12(20)3-9-15/h2-9,16H,10H2,1H3,(H,21,28)(H,22,25)(H,23,26). The normalized spacial score (nSPS) is 16.4. The Morgan fingerprint density at radius 3 is 2.14 bits per heavy atom. The fourth-order valence-corrected chi connectivity index (χ4v) is 2.72. The number of carbonyl (C=O) groups is 4. The highest BCUT2D eigenvalue weighted by atomic mass is 19.1. The van der Waals surface area contributed by atoms with E-state index in [1.807, 2.05) is 0 Å². The Hall–Kier alpha value is -3.75. The SMILES string of the molecule is CC(=O)Nc1ccc(NC(=O)C2CNC(=O)N(c3ccc(F)cc3)C2=O)cc1. The van der Waals surface area contributed by atoms with Crippen molar-refractivity contribution in [1.29, 1.82) is 0 Å². The lowest BCUT2D eigenvalue weighted by molar-refractivity contribution is -0.130. The van der Waals surface area contributed by atoms with Crippen molar-refractivity contribution < 1.29 is 23.6 Å². The zero-order chi connectivity index (χ0) is 20.3. The van der Waals surface area contributed by atoms with Crippen LogP contribution in [0.3, 0.4) is 0 Å². The molecule has 0 aromatic heterocycles. The van der Waals surface area contributed by atoms with E-state index in [2.05, 4.69) is 16.0 Å². The summed E-state index contributed by atoms with van der Waals surface area (Å²) in [6.45, 7) is 1.23. The molecule has 3 N–H and O–H groups in total. The molecular formula is C19H17FN4O4. The Bertz CT molecular complexity index is 928. The van der Waals surface area contributed by atoms with E-state index in [0.717, 1.165) is 17.0 Å². The summed E-state index contributed by atoms with van der Waals surface area (Å²) < 4.78 is 13.1. The number of amides is 5. The van der Waals surface area contributed by atoms with Crippen molar-refractivity contribution in [3.63, 3.8) is 0 Å². The number of nitrogens with one attached hydrogen (secondary N) is 3. The van der Waals surface area contributed by atoms with Crippen molar-refractivity contribution in [3.05, 3.63) is 54.3 Å². The molecule has 8 nitrogen and oxygen atoms in total. The van der Waals surface area contributed by atoms with Crippen LogP contribution in [0.4, 0.5) is 26.2 Å². The van der Waals surface area contributed by atoms with Gasteiger partial charge in [-0.25, -0.2) is 14.1 Å². The lowest BCUT2D eigenvalue weighted by atomic mass is 10.0. The van der Waals surface area contributed by atoms with Crippen LogP contribution >= 0.6 is 0 Å². The van der Waals surface area contributed by atoms with Crippen LogP contribution in [0.2, 0.25) is 0 Å². The van der Waals surface area contributed by atoms with Crippen molar-refractivity contribution in [2.45, 2.75) is 6.92 Å². The first-order valence-electron chi connectivity index (χ1n) is 8.41. The van der Waals surface area contributed by atoms with Crippen LogP contribution in [0, 0.1) is 11.7 Å². The minimum Gasteiger partial charge on any atom is -0.336 e. The molecule has 144 valence electrons. The number of urea groups is 1. The van der Waals surface area contributed by atoms with E-state index in [1.54, 1.807) is 24.3 Å². The van der Waals surface area contributed by atoms with Gasteiger partial charge in [0.2, 0.25) is 17.7 Å². The molecule has 3 rings (SSSR count). The summed E-state index contributed by atoms with van der Waals surface area (Å²) >= 11 is 0. The van der Waals surface area contributed by atoms with Gasteiger partial charge < -0.3 is 16.0 Å². The third kappa shape index (κ3) is 4.14. The van der Waals surface area contributed by atoms with E-state index < -0.39 is 29.6 Å². The molecule has 0 spiro atoms. The number of benzene rings is 2. The molecule has 2 aromatic rings. The highest BCUT2D eigenvalue weighted by molar-refractivity contribution is 6.23. The topological polar surface area (TPSA) is 108 Å². The van der Waals surface area contributed by atoms with E-state index in [1.165, 1.54) is 19.1 Å². The van der Waals surface area contributed by atoms with Gasteiger partial charge in [0.25, 0.3) is 0 Å². The number of imide groups is 1. The highest BCUT2D eigenvalue weighted by Gasteiger charge is 2.39. The molecule has 0 bridgehead atoms. The fourth-order valence-electron chi connectivity index (χ4n) is 2.72. The van der Waals surface area contributed by atoms with Crippen molar-refractivity contribution in [1.82, 2.24) is 5.32 Å². The lowest BCUT2D eigenvalue weighted by Gasteiger charge is -2.30. The van der Waals surface area contributed by atoms with Crippen molar-refractivity contribution in [3.8, 4) is 0 Å². The molecule has 1 aliphatic heterocycles. The molecule has 1 aliphatic rings. The third-order valence-corrected chi connectivity index (χ3v) is 4.05. The van der Waals surface area contributed by atoms with Crippen LogP contribution < -0.4 is 20.9 Å². The maximum Gasteiger partial charge on any atom is 0.328 e. The Kier molecular flexibility index (Phi) is 5.35. The van der Waals surface area contributed by atoms with Gasteiger partial charge in [0.1, 0.15) is 11.7 Å². The van der Waals surface area contributed by atoms with E-state index in [4.69, 9.17) is 0 Å². The van der Waals surface area contributed by atoms with Gasteiger partial charge in [-0.15, -0.1) is 0 Å². The van der Waals surface area contributed by atoms with Gasteiger partial charge in [-0.1, -0.05) is 0 Å². The summed E-state index contributed by atoms with van der Waals surface area (Å²) in [4.78, 5) is 49.2. The van der Waals surface area contributed by atoms with Crippen LogP contribution in [0.15, 0.2) is 48.5 Å². The van der Waals surface area contributed by atoms with Crippen molar-refractivity contribution >= 4 is 40.8 Å². The minimum atomic E-state index is -1.14. The average molecular weight is 384 g/mol. The van der Waals surface area contributed by atoms with Gasteiger partial charge in [0.15, 0.2) is 0 Å². The molecule has 2 aromatic carbocycles. The van der Waals surface area contributed by atoms with Gasteiger partial charge in [0, 0.05) is 24.8 Å². The minimum absolute atomic E-state index is 0.148. The Morgan fingerprint density at radius 1 is 1.00 bits per heavy atom. The Balaban J connectivity index is 1.72. The predicted octanol–water partition coefficient (Wildman–Crippen LogP) is 2.10. The van der Waals surface area contributed by atoms with Gasteiger partial charge >= 0.3 is 6.03 Å². The molecular weight excluding hydrogens is 367 g/mol. The van der Waals surface area contributed by atoms with E-state index in [-0.39, 0.29) is 18.1 Å². The number of halogens is 1. The number of rotatable bonds is 4. The molecule has 1 fully saturated rings. The predicted molar refractivity (Wildman–Crippen MR) is 100 cm³/mol. The van der Waals surface area contributed by atoms with Gasteiger partial charge in [-0.05, 0) is 48.5 Å². The molecule has 0 saturated carbocycles. The zero-order valence-corrected chi connectivity index (χ0v) is 14.9. The first-order chi connectivity index (χ1) is 13.3. The lowest BCUT2D eigenvalue weighted by Crippen LogP contribution is -2.58. The summed E-state index contributed by atoms with van der Waals surface area (Å²) in [5.74, 6) is -3.17. The molecule has 28 heavy (non-hydrogen) atoms. The summed E-state index contributed by atoms with van der Waals surface area (Å²) in [5, 5.41) is 7.70. The summed E-state index contributed by atoms with van der Waals surface area (Å²) in [7, 11) is 0. The van der Waals surface area contributed by atoms with Crippen molar-refractivity contribution in [2.24, 2.45) is 5.92 Å². The van der Waals surface area contributed by atoms with Crippen LogP contribution in [-0.2, 0) is 14.4 Å². The Morgan fingerprint density at radius 2 is 1.57 bits per heavy atom. The second-order valence-corrected chi connectivity index (χ2v) is 6.14. The van der Waals surface area contributed by atoms with Gasteiger partial charge in [-0.2, -0.15) is 0 Å². The smallest absolute Gasteiger partial charge is 0.328 e. The largest absolute Gasteiger partial charge is 0.336 e. The first kappa shape index (κ1) is 19.0. The highest BCUT2D eigenvalue weighted by Crippen LogP contribution is 2.22. The van der Waals surface area contributed by atoms with E-state index >= 15 is 0 Å². The maximum absolute atomic E-state index is 13.1. The molecule has 5 amide bonds. The summed E-state index contributed by atoms with van der Waals surface area (Å²) in [6, 6.07) is 10.5. The number of hydrogen-bond donors (Lipinski definition) is 3. The Labute approximate surface area is 159 Å². The quantitative estimate of drug-likeness (QED) is 0.702. The van der Waals surface area contributed by atoms with Gasteiger partial charge in [0.05, 0.1) is 5.69 Å². The van der Waals surface area contributed by atoms with Crippen LogP contribution in [0.5, 0.6) is 0 Å². The number of hydrogen-bond acceptors (Lipinski definition) is 4. The van der Waals surface area contributed by atoms with E-state index in [9.17, 15) is 23.6 Å². The number of nitrogens with zero attached hydrogens (tertiary/aromatic N) is 1. The fraction of sp³-hybridized carbons (Fsp3) is 0.158. The monoisotopic (exact) mass is 384 g/mol. The average Bonchev–Trinajstić information content (AvgIpc) is 2.64. The van der Waals surface area contributed by atoms with Crippen LogP contribution in [0.1, 0.15) is 6.92 Å². The second kappa shape index (κ2) is 7.87. The van der Waals surface area contributed by atoms with E-state index in [0.29, 0.717) is 11.4 Å². The van der Waals surface area contributed by atoms with Crippen molar-refractivity contribution in [2.75, 3.05) is 22.1 Å². The van der Waals surface area contributed by atoms with Crippen LogP contribution in [-0.4, -0.2) is 30.3 Å². The molecule has 1 atom stereocenters. The molecule has 1 unspecified atom stereocenters. The summed E-state index contributed by atoms with van der Waals surface area (Å²) in [5.41, 5.74) is 1.16. The number of carbonyl (C=O) groups excluding carboxylic acids is 4. The third-order valence-electron chi connectivity index (χ3n) is 4.05. The van der Waals surface area contributed by atoms with Crippen LogP contribution in [0.25, 0.3) is 0 Å². The second-order valence-electron chi connectivity index (χ2n) is 6.14. The molecule has 1 heterocycles.